The lowest BCUT2D eigenvalue weighted by Crippen LogP contribution is -2.14. The Morgan fingerprint density at radius 1 is 1.24 bits per heavy atom. The summed E-state index contributed by atoms with van der Waals surface area (Å²) in [5, 5.41) is 2.92. The maximum atomic E-state index is 12.1. The minimum atomic E-state index is -0.0177. The molecule has 0 aliphatic heterocycles. The molecule has 1 heterocycles. The Morgan fingerprint density at radius 3 is 2.90 bits per heavy atom. The zero-order chi connectivity index (χ0) is 14.8. The van der Waals surface area contributed by atoms with Gasteiger partial charge in [-0.05, 0) is 42.3 Å². The monoisotopic (exact) mass is 279 g/mol. The van der Waals surface area contributed by atoms with Crippen molar-refractivity contribution in [2.45, 2.75) is 13.3 Å². The Bertz CT molecular complexity index is 805. The molecule has 0 aliphatic rings. The second kappa shape index (κ2) is 5.40. The van der Waals surface area contributed by atoms with Gasteiger partial charge in [-0.1, -0.05) is 18.2 Å². The van der Waals surface area contributed by atoms with Gasteiger partial charge in [0.1, 0.15) is 0 Å². The van der Waals surface area contributed by atoms with Gasteiger partial charge < -0.3 is 9.88 Å². The van der Waals surface area contributed by atoms with Crippen LogP contribution in [0.3, 0.4) is 0 Å². The second-order valence-electron chi connectivity index (χ2n) is 5.27. The van der Waals surface area contributed by atoms with E-state index in [4.69, 9.17) is 0 Å². The standard InChI is InChI=1S/C17H17N3O/c1-12-4-3-5-14(8-12)19-17(21)10-13-6-7-16-15(9-13)18-11-20(16)2/h3-9,11H,10H2,1-2H3,(H,19,21). The molecule has 2 aromatic carbocycles. The van der Waals surface area contributed by atoms with Crippen LogP contribution in [0.2, 0.25) is 0 Å². The molecule has 4 nitrogen and oxygen atoms in total. The molecule has 0 aliphatic carbocycles. The molecule has 0 bridgehead atoms. The van der Waals surface area contributed by atoms with E-state index in [1.54, 1.807) is 6.33 Å². The molecule has 1 aromatic heterocycles. The van der Waals surface area contributed by atoms with Gasteiger partial charge in [-0.2, -0.15) is 0 Å². The highest BCUT2D eigenvalue weighted by Gasteiger charge is 2.06. The Hall–Kier alpha value is -2.62. The molecule has 0 unspecified atom stereocenters. The highest BCUT2D eigenvalue weighted by molar-refractivity contribution is 5.92. The summed E-state index contributed by atoms with van der Waals surface area (Å²) in [5.74, 6) is -0.0177. The van der Waals surface area contributed by atoms with Gasteiger partial charge in [-0.3, -0.25) is 4.79 Å². The number of hydrogen-bond donors (Lipinski definition) is 1. The Balaban J connectivity index is 1.73. The lowest BCUT2D eigenvalue weighted by Gasteiger charge is -2.06. The number of carbonyl (C=O) groups excluding carboxylic acids is 1. The van der Waals surface area contributed by atoms with Crippen molar-refractivity contribution in [3.05, 3.63) is 59.9 Å². The lowest BCUT2D eigenvalue weighted by atomic mass is 10.1. The van der Waals surface area contributed by atoms with Crippen LogP contribution in [0.1, 0.15) is 11.1 Å². The Labute approximate surface area is 123 Å². The average molecular weight is 279 g/mol. The van der Waals surface area contributed by atoms with Crippen molar-refractivity contribution < 1.29 is 4.79 Å². The highest BCUT2D eigenvalue weighted by atomic mass is 16.1. The van der Waals surface area contributed by atoms with E-state index in [0.29, 0.717) is 6.42 Å². The van der Waals surface area contributed by atoms with E-state index >= 15 is 0 Å². The van der Waals surface area contributed by atoms with E-state index in [9.17, 15) is 4.79 Å². The Morgan fingerprint density at radius 2 is 2.10 bits per heavy atom. The minimum Gasteiger partial charge on any atom is -0.334 e. The molecule has 0 radical (unpaired) electrons. The summed E-state index contributed by atoms with van der Waals surface area (Å²) >= 11 is 0. The predicted molar refractivity (Wildman–Crippen MR) is 84.2 cm³/mol. The van der Waals surface area contributed by atoms with Crippen molar-refractivity contribution in [2.75, 3.05) is 5.32 Å². The normalized spacial score (nSPS) is 10.8. The predicted octanol–water partition coefficient (Wildman–Crippen LogP) is 3.06. The molecule has 0 atom stereocenters. The van der Waals surface area contributed by atoms with Crippen LogP contribution in [0.5, 0.6) is 0 Å². The molecule has 0 fully saturated rings. The van der Waals surface area contributed by atoms with E-state index in [1.807, 2.05) is 61.0 Å². The van der Waals surface area contributed by atoms with Crippen LogP contribution in [-0.4, -0.2) is 15.5 Å². The molecule has 0 saturated carbocycles. The van der Waals surface area contributed by atoms with E-state index in [0.717, 1.165) is 27.8 Å². The van der Waals surface area contributed by atoms with Gasteiger partial charge in [0.05, 0.1) is 23.8 Å². The first-order chi connectivity index (χ1) is 10.1. The van der Waals surface area contributed by atoms with Gasteiger partial charge in [0.2, 0.25) is 5.91 Å². The molecule has 3 rings (SSSR count). The van der Waals surface area contributed by atoms with E-state index in [2.05, 4.69) is 10.3 Å². The van der Waals surface area contributed by atoms with Crippen molar-refractivity contribution >= 4 is 22.6 Å². The number of amides is 1. The third-order valence-corrected chi connectivity index (χ3v) is 3.46. The fourth-order valence-corrected chi connectivity index (χ4v) is 2.41. The number of fused-ring (bicyclic) bond motifs is 1. The number of anilines is 1. The van der Waals surface area contributed by atoms with Gasteiger partial charge >= 0.3 is 0 Å². The number of aromatic nitrogens is 2. The number of hydrogen-bond acceptors (Lipinski definition) is 2. The summed E-state index contributed by atoms with van der Waals surface area (Å²) in [6, 6.07) is 13.7. The molecule has 1 amide bonds. The van der Waals surface area contributed by atoms with Crippen LogP contribution >= 0.6 is 0 Å². The van der Waals surface area contributed by atoms with Crippen LogP contribution in [0.15, 0.2) is 48.8 Å². The summed E-state index contributed by atoms with van der Waals surface area (Å²) in [6.45, 7) is 2.00. The van der Waals surface area contributed by atoms with Crippen LogP contribution in [0.4, 0.5) is 5.69 Å². The number of carbonyl (C=O) groups is 1. The van der Waals surface area contributed by atoms with Gasteiger partial charge in [-0.25, -0.2) is 4.98 Å². The van der Waals surface area contributed by atoms with Crippen molar-refractivity contribution in [2.24, 2.45) is 7.05 Å². The third-order valence-electron chi connectivity index (χ3n) is 3.46. The number of rotatable bonds is 3. The largest absolute Gasteiger partial charge is 0.334 e. The number of benzene rings is 2. The number of imidazole rings is 1. The smallest absolute Gasteiger partial charge is 0.228 e. The number of aryl methyl sites for hydroxylation is 2. The highest BCUT2D eigenvalue weighted by Crippen LogP contribution is 2.15. The topological polar surface area (TPSA) is 46.9 Å². The summed E-state index contributed by atoms with van der Waals surface area (Å²) in [6.07, 6.45) is 2.13. The molecule has 4 heteroatoms. The molecule has 106 valence electrons. The van der Waals surface area contributed by atoms with Crippen LogP contribution in [-0.2, 0) is 18.3 Å². The van der Waals surface area contributed by atoms with Crippen LogP contribution < -0.4 is 5.32 Å². The zero-order valence-electron chi connectivity index (χ0n) is 12.1. The Kier molecular flexibility index (Phi) is 3.44. The number of nitrogens with one attached hydrogen (secondary N) is 1. The summed E-state index contributed by atoms with van der Waals surface area (Å²) in [5.41, 5.74) is 4.91. The summed E-state index contributed by atoms with van der Waals surface area (Å²) < 4.78 is 1.96. The van der Waals surface area contributed by atoms with Gasteiger partial charge in [0.15, 0.2) is 0 Å². The molecular formula is C17H17N3O. The molecular weight excluding hydrogens is 262 g/mol. The van der Waals surface area contributed by atoms with Gasteiger partial charge in [0, 0.05) is 12.7 Å². The van der Waals surface area contributed by atoms with Crippen molar-refractivity contribution in [1.29, 1.82) is 0 Å². The van der Waals surface area contributed by atoms with Crippen molar-refractivity contribution in [3.63, 3.8) is 0 Å². The molecule has 1 N–H and O–H groups in total. The summed E-state index contributed by atoms with van der Waals surface area (Å²) in [7, 11) is 1.96. The molecule has 0 spiro atoms. The van der Waals surface area contributed by atoms with Gasteiger partial charge in [-0.15, -0.1) is 0 Å². The average Bonchev–Trinajstić information content (AvgIpc) is 2.80. The maximum absolute atomic E-state index is 12.1. The first-order valence-electron chi connectivity index (χ1n) is 6.88. The number of nitrogens with zero attached hydrogens (tertiary/aromatic N) is 2. The van der Waals surface area contributed by atoms with Crippen LogP contribution in [0.25, 0.3) is 11.0 Å². The third kappa shape index (κ3) is 2.94. The lowest BCUT2D eigenvalue weighted by molar-refractivity contribution is -0.115. The first-order valence-corrected chi connectivity index (χ1v) is 6.88. The van der Waals surface area contributed by atoms with Gasteiger partial charge in [0.25, 0.3) is 0 Å². The van der Waals surface area contributed by atoms with E-state index < -0.39 is 0 Å². The fourth-order valence-electron chi connectivity index (χ4n) is 2.41. The van der Waals surface area contributed by atoms with E-state index in [1.165, 1.54) is 0 Å². The molecule has 21 heavy (non-hydrogen) atoms. The molecule has 3 aromatic rings. The molecule has 0 saturated heterocycles. The quantitative estimate of drug-likeness (QED) is 0.801. The minimum absolute atomic E-state index is 0.0177. The second-order valence-corrected chi connectivity index (χ2v) is 5.27. The maximum Gasteiger partial charge on any atom is 0.228 e. The first kappa shape index (κ1) is 13.4. The zero-order valence-corrected chi connectivity index (χ0v) is 12.1. The van der Waals surface area contributed by atoms with Crippen molar-refractivity contribution in [3.8, 4) is 0 Å². The van der Waals surface area contributed by atoms with Crippen molar-refractivity contribution in [1.82, 2.24) is 9.55 Å². The summed E-state index contributed by atoms with van der Waals surface area (Å²) in [4.78, 5) is 16.4. The van der Waals surface area contributed by atoms with E-state index in [-0.39, 0.29) is 5.91 Å². The van der Waals surface area contributed by atoms with Crippen LogP contribution in [0, 0.1) is 6.92 Å². The fraction of sp³-hybridized carbons (Fsp3) is 0.176. The SMILES string of the molecule is Cc1cccc(NC(=O)Cc2ccc3c(c2)ncn3C)c1.